The van der Waals surface area contributed by atoms with Gasteiger partial charge in [-0.15, -0.1) is 0 Å². The van der Waals surface area contributed by atoms with Crippen molar-refractivity contribution in [2.24, 2.45) is 5.10 Å². The molecule has 154 valence electrons. The summed E-state index contributed by atoms with van der Waals surface area (Å²) in [4.78, 5) is 13.6. The number of hydrogen-bond acceptors (Lipinski definition) is 6. The van der Waals surface area contributed by atoms with E-state index in [0.717, 1.165) is 19.3 Å². The summed E-state index contributed by atoms with van der Waals surface area (Å²) in [5.74, 6) is -3.28. The molecule has 0 aliphatic carbocycles. The molecule has 1 aromatic rings. The lowest BCUT2D eigenvalue weighted by Crippen LogP contribution is -2.45. The van der Waals surface area contributed by atoms with Gasteiger partial charge in [0.25, 0.3) is 0 Å². The third kappa shape index (κ3) is 4.41. The predicted molar refractivity (Wildman–Crippen MR) is 98.7 cm³/mol. The zero-order chi connectivity index (χ0) is 20.1. The van der Waals surface area contributed by atoms with Gasteiger partial charge in [-0.05, 0) is 31.9 Å². The fourth-order valence-electron chi connectivity index (χ4n) is 3.35. The molecule has 1 atom stereocenters. The van der Waals surface area contributed by atoms with Gasteiger partial charge in [-0.1, -0.05) is 0 Å². The van der Waals surface area contributed by atoms with Crippen LogP contribution >= 0.6 is 0 Å². The first-order chi connectivity index (χ1) is 13.4. The largest absolute Gasteiger partial charge is 0.489 e. The van der Waals surface area contributed by atoms with E-state index in [-0.39, 0.29) is 17.9 Å². The number of rotatable bonds is 7. The van der Waals surface area contributed by atoms with E-state index >= 15 is 0 Å². The average Bonchev–Trinajstić information content (AvgIpc) is 3.07. The van der Waals surface area contributed by atoms with Gasteiger partial charge in [0, 0.05) is 31.7 Å². The first-order valence-corrected chi connectivity index (χ1v) is 9.38. The van der Waals surface area contributed by atoms with E-state index in [4.69, 9.17) is 9.47 Å². The Labute approximate surface area is 162 Å². The van der Waals surface area contributed by atoms with Crippen molar-refractivity contribution in [1.29, 1.82) is 0 Å². The van der Waals surface area contributed by atoms with Crippen molar-refractivity contribution in [2.75, 3.05) is 46.0 Å². The van der Waals surface area contributed by atoms with Gasteiger partial charge in [0.15, 0.2) is 17.1 Å². The summed E-state index contributed by atoms with van der Waals surface area (Å²) in [6, 6.07) is 2.74. The molecule has 1 N–H and O–H groups in total. The molecular weight excluding hydrogens is 372 g/mol. The molecular formula is C19H25F2N3O4. The molecule has 2 aliphatic heterocycles. The Bertz CT molecular complexity index is 740. The SMILES string of the molecule is C[C@]1(C(=O)O)CCCN1/N=C/c1ccc(OCCN2CCOCC2)c(F)c1F. The fraction of sp³-hybridized carbons (Fsp3) is 0.579. The molecule has 2 aliphatic rings. The van der Waals surface area contributed by atoms with Gasteiger partial charge >= 0.3 is 5.97 Å². The second-order valence-corrected chi connectivity index (χ2v) is 7.13. The first kappa shape index (κ1) is 20.5. The molecule has 1 aromatic carbocycles. The van der Waals surface area contributed by atoms with Crippen LogP contribution in [0.15, 0.2) is 17.2 Å². The van der Waals surface area contributed by atoms with Crippen molar-refractivity contribution in [3.63, 3.8) is 0 Å². The van der Waals surface area contributed by atoms with Crippen molar-refractivity contribution in [3.8, 4) is 5.75 Å². The molecule has 3 rings (SSSR count). The highest BCUT2D eigenvalue weighted by Gasteiger charge is 2.43. The van der Waals surface area contributed by atoms with Crippen LogP contribution in [0.4, 0.5) is 8.78 Å². The highest BCUT2D eigenvalue weighted by molar-refractivity contribution is 5.82. The number of carbonyl (C=O) groups is 1. The Balaban J connectivity index is 1.62. The number of ether oxygens (including phenoxy) is 2. The van der Waals surface area contributed by atoms with E-state index in [2.05, 4.69) is 10.0 Å². The van der Waals surface area contributed by atoms with E-state index < -0.39 is 23.1 Å². The Morgan fingerprint density at radius 2 is 2.07 bits per heavy atom. The Morgan fingerprint density at radius 3 is 2.79 bits per heavy atom. The standard InChI is InChI=1S/C19H25F2N3O4/c1-19(18(25)26)5-2-6-24(19)22-13-14-3-4-15(17(21)16(14)20)28-12-9-23-7-10-27-11-8-23/h3-4,13H,2,5-12H2,1H3,(H,25,26)/b22-13+/t19-/m1/s1. The molecule has 0 unspecified atom stereocenters. The molecule has 9 heteroatoms. The summed E-state index contributed by atoms with van der Waals surface area (Å²) in [5.41, 5.74) is -1.19. The van der Waals surface area contributed by atoms with Crippen molar-refractivity contribution < 1.29 is 28.2 Å². The van der Waals surface area contributed by atoms with E-state index in [1.807, 2.05) is 0 Å². The number of morpholine rings is 1. The lowest BCUT2D eigenvalue weighted by Gasteiger charge is -2.28. The monoisotopic (exact) mass is 397 g/mol. The normalized spacial score (nSPS) is 23.5. The van der Waals surface area contributed by atoms with Crippen LogP contribution in [0.1, 0.15) is 25.3 Å². The molecule has 0 spiro atoms. The van der Waals surface area contributed by atoms with Crippen LogP contribution in [0.25, 0.3) is 0 Å². The van der Waals surface area contributed by atoms with Crippen molar-refractivity contribution in [3.05, 3.63) is 29.3 Å². The number of halogens is 2. The van der Waals surface area contributed by atoms with Gasteiger partial charge in [0.1, 0.15) is 6.61 Å². The van der Waals surface area contributed by atoms with E-state index in [1.54, 1.807) is 6.92 Å². The third-order valence-electron chi connectivity index (χ3n) is 5.25. The molecule has 0 aromatic heterocycles. The molecule has 0 bridgehead atoms. The van der Waals surface area contributed by atoms with Crippen molar-refractivity contribution >= 4 is 12.2 Å². The minimum atomic E-state index is -1.13. The minimum Gasteiger partial charge on any atom is -0.489 e. The molecule has 2 heterocycles. The van der Waals surface area contributed by atoms with Gasteiger partial charge in [0.05, 0.1) is 19.4 Å². The zero-order valence-corrected chi connectivity index (χ0v) is 15.9. The van der Waals surface area contributed by atoms with Gasteiger partial charge < -0.3 is 14.6 Å². The van der Waals surface area contributed by atoms with Gasteiger partial charge in [-0.3, -0.25) is 9.91 Å². The smallest absolute Gasteiger partial charge is 0.330 e. The van der Waals surface area contributed by atoms with E-state index in [0.29, 0.717) is 39.1 Å². The van der Waals surface area contributed by atoms with Gasteiger partial charge in [-0.2, -0.15) is 9.49 Å². The van der Waals surface area contributed by atoms with Gasteiger partial charge in [-0.25, -0.2) is 9.18 Å². The maximum atomic E-state index is 14.4. The number of carboxylic acid groups (broad SMARTS) is 1. The number of aliphatic carboxylic acids is 1. The Hall–Kier alpha value is -2.26. The summed E-state index contributed by atoms with van der Waals surface area (Å²) in [6.07, 6.45) is 2.28. The number of benzene rings is 1. The molecule has 0 saturated carbocycles. The highest BCUT2D eigenvalue weighted by Crippen LogP contribution is 2.29. The topological polar surface area (TPSA) is 74.6 Å². The maximum Gasteiger partial charge on any atom is 0.330 e. The van der Waals surface area contributed by atoms with Crippen molar-refractivity contribution in [1.82, 2.24) is 9.91 Å². The number of nitrogens with zero attached hydrogens (tertiary/aromatic N) is 3. The third-order valence-corrected chi connectivity index (χ3v) is 5.25. The van der Waals surface area contributed by atoms with Crippen LogP contribution in [0.3, 0.4) is 0 Å². The second kappa shape index (κ2) is 8.83. The van der Waals surface area contributed by atoms with Crippen LogP contribution in [-0.4, -0.2) is 78.7 Å². The molecule has 0 amide bonds. The van der Waals surface area contributed by atoms with Crippen LogP contribution < -0.4 is 4.74 Å². The number of hydrazone groups is 1. The Morgan fingerprint density at radius 1 is 1.32 bits per heavy atom. The van der Waals surface area contributed by atoms with Crippen LogP contribution in [-0.2, 0) is 9.53 Å². The van der Waals surface area contributed by atoms with E-state index in [1.165, 1.54) is 17.1 Å². The average molecular weight is 397 g/mol. The number of carboxylic acids is 1. The molecule has 7 nitrogen and oxygen atoms in total. The maximum absolute atomic E-state index is 14.4. The van der Waals surface area contributed by atoms with Crippen molar-refractivity contribution in [2.45, 2.75) is 25.3 Å². The summed E-state index contributed by atoms with van der Waals surface area (Å²) < 4.78 is 39.3. The lowest BCUT2D eigenvalue weighted by molar-refractivity contribution is -0.148. The summed E-state index contributed by atoms with van der Waals surface area (Å²) in [7, 11) is 0. The second-order valence-electron chi connectivity index (χ2n) is 7.13. The predicted octanol–water partition coefficient (Wildman–Crippen LogP) is 1.95. The summed E-state index contributed by atoms with van der Waals surface area (Å²) >= 11 is 0. The highest BCUT2D eigenvalue weighted by atomic mass is 19.2. The van der Waals surface area contributed by atoms with Gasteiger partial charge in [0.2, 0.25) is 5.82 Å². The van der Waals surface area contributed by atoms with Crippen LogP contribution in [0, 0.1) is 11.6 Å². The summed E-state index contributed by atoms with van der Waals surface area (Å²) in [5, 5.41) is 14.9. The lowest BCUT2D eigenvalue weighted by atomic mass is 10.0. The fourth-order valence-corrected chi connectivity index (χ4v) is 3.35. The molecule has 0 radical (unpaired) electrons. The molecule has 2 fully saturated rings. The van der Waals surface area contributed by atoms with E-state index in [9.17, 15) is 18.7 Å². The summed E-state index contributed by atoms with van der Waals surface area (Å²) in [6.45, 7) is 5.78. The first-order valence-electron chi connectivity index (χ1n) is 9.38. The number of hydrogen-bond donors (Lipinski definition) is 1. The molecule has 2 saturated heterocycles. The Kier molecular flexibility index (Phi) is 6.46. The minimum absolute atomic E-state index is 0.0577. The quantitative estimate of drug-likeness (QED) is 0.709. The van der Waals surface area contributed by atoms with Crippen LogP contribution in [0.2, 0.25) is 0 Å². The molecule has 28 heavy (non-hydrogen) atoms. The zero-order valence-electron chi connectivity index (χ0n) is 15.9. The van der Waals surface area contributed by atoms with Crippen LogP contribution in [0.5, 0.6) is 5.75 Å².